The Morgan fingerprint density at radius 3 is 2.50 bits per heavy atom. The lowest BCUT2D eigenvalue weighted by molar-refractivity contribution is 0.105. The van der Waals surface area contributed by atoms with Gasteiger partial charge in [0.05, 0.1) is 6.07 Å². The fourth-order valence-corrected chi connectivity index (χ4v) is 0.897. The van der Waals surface area contributed by atoms with Gasteiger partial charge in [0.25, 0.3) is 0 Å². The minimum absolute atomic E-state index is 0.114. The fraction of sp³-hybridized carbons (Fsp3) is 0.900. The van der Waals surface area contributed by atoms with Crippen LogP contribution in [0.4, 0.5) is 0 Å². The standard InChI is InChI=1S/C10H19NO/c1-4-8-12-9-6-10(2,3)5-7-11/h4-6,8-9H2,1-3H3. The average molecular weight is 169 g/mol. The molecule has 0 rings (SSSR count). The van der Waals surface area contributed by atoms with Crippen molar-refractivity contribution in [3.05, 3.63) is 0 Å². The van der Waals surface area contributed by atoms with Crippen molar-refractivity contribution in [1.82, 2.24) is 0 Å². The van der Waals surface area contributed by atoms with Gasteiger partial charge in [-0.05, 0) is 18.3 Å². The normalized spacial score (nSPS) is 11.2. The molecule has 0 aromatic rings. The van der Waals surface area contributed by atoms with Crippen molar-refractivity contribution in [2.45, 2.75) is 40.0 Å². The minimum atomic E-state index is 0.114. The molecule has 0 aliphatic carbocycles. The van der Waals surface area contributed by atoms with Crippen LogP contribution < -0.4 is 0 Å². The van der Waals surface area contributed by atoms with E-state index in [0.29, 0.717) is 6.42 Å². The lowest BCUT2D eigenvalue weighted by atomic mass is 9.87. The van der Waals surface area contributed by atoms with Crippen LogP contribution in [0.15, 0.2) is 0 Å². The second-order valence-electron chi connectivity index (χ2n) is 3.86. The van der Waals surface area contributed by atoms with E-state index < -0.39 is 0 Å². The molecule has 0 unspecified atom stereocenters. The lowest BCUT2D eigenvalue weighted by Gasteiger charge is -2.20. The van der Waals surface area contributed by atoms with E-state index in [1.165, 1.54) is 0 Å². The molecule has 0 aliphatic rings. The summed E-state index contributed by atoms with van der Waals surface area (Å²) in [5, 5.41) is 8.51. The molecule has 12 heavy (non-hydrogen) atoms. The zero-order valence-corrected chi connectivity index (χ0v) is 8.39. The van der Waals surface area contributed by atoms with Gasteiger partial charge in [0.2, 0.25) is 0 Å². The lowest BCUT2D eigenvalue weighted by Crippen LogP contribution is -2.13. The summed E-state index contributed by atoms with van der Waals surface area (Å²) in [6.07, 6.45) is 2.65. The van der Waals surface area contributed by atoms with Gasteiger partial charge < -0.3 is 4.74 Å². The molecule has 0 aromatic carbocycles. The SMILES string of the molecule is CCCOCCC(C)(C)CC#N. The zero-order chi connectivity index (χ0) is 9.45. The molecule has 0 radical (unpaired) electrons. The number of ether oxygens (including phenoxy) is 1. The van der Waals surface area contributed by atoms with Gasteiger partial charge in [0, 0.05) is 19.6 Å². The van der Waals surface area contributed by atoms with Gasteiger partial charge in [-0.1, -0.05) is 20.8 Å². The quantitative estimate of drug-likeness (QED) is 0.573. The van der Waals surface area contributed by atoms with Crippen molar-refractivity contribution in [3.8, 4) is 6.07 Å². The van der Waals surface area contributed by atoms with Gasteiger partial charge in [-0.2, -0.15) is 5.26 Å². The molecular formula is C10H19NO. The van der Waals surface area contributed by atoms with E-state index in [1.807, 2.05) is 0 Å². The number of nitriles is 1. The maximum Gasteiger partial charge on any atom is 0.0627 e. The highest BCUT2D eigenvalue weighted by Gasteiger charge is 2.16. The third-order valence-electron chi connectivity index (χ3n) is 1.83. The first-order chi connectivity index (χ1) is 5.62. The highest BCUT2D eigenvalue weighted by molar-refractivity contribution is 4.81. The Balaban J connectivity index is 3.42. The molecule has 0 spiro atoms. The molecule has 0 aliphatic heterocycles. The Morgan fingerprint density at radius 2 is 2.00 bits per heavy atom. The Hall–Kier alpha value is -0.550. The predicted octanol–water partition coefficient (Wildman–Crippen LogP) is 2.74. The van der Waals surface area contributed by atoms with Crippen LogP contribution in [0.3, 0.4) is 0 Å². The van der Waals surface area contributed by atoms with E-state index in [9.17, 15) is 0 Å². The molecule has 0 bridgehead atoms. The van der Waals surface area contributed by atoms with Crippen LogP contribution >= 0.6 is 0 Å². The molecule has 2 heteroatoms. The van der Waals surface area contributed by atoms with Gasteiger partial charge in [-0.25, -0.2) is 0 Å². The van der Waals surface area contributed by atoms with E-state index in [2.05, 4.69) is 26.8 Å². The Morgan fingerprint density at radius 1 is 1.33 bits per heavy atom. The van der Waals surface area contributed by atoms with Crippen molar-refractivity contribution in [2.24, 2.45) is 5.41 Å². The Bertz CT molecular complexity index is 146. The van der Waals surface area contributed by atoms with Crippen LogP contribution in [0.1, 0.15) is 40.0 Å². The molecule has 70 valence electrons. The molecule has 0 saturated carbocycles. The van der Waals surface area contributed by atoms with Crippen LogP contribution in [0.2, 0.25) is 0 Å². The summed E-state index contributed by atoms with van der Waals surface area (Å²) in [4.78, 5) is 0. The highest BCUT2D eigenvalue weighted by atomic mass is 16.5. The molecule has 0 aromatic heterocycles. The van der Waals surface area contributed by atoms with Gasteiger partial charge in [-0.3, -0.25) is 0 Å². The summed E-state index contributed by atoms with van der Waals surface area (Å²) in [5.74, 6) is 0. The first kappa shape index (κ1) is 11.4. The summed E-state index contributed by atoms with van der Waals surface area (Å²) in [6, 6.07) is 2.19. The smallest absolute Gasteiger partial charge is 0.0627 e. The van der Waals surface area contributed by atoms with E-state index in [-0.39, 0.29) is 5.41 Å². The first-order valence-corrected chi connectivity index (χ1v) is 4.57. The van der Waals surface area contributed by atoms with Gasteiger partial charge in [0.1, 0.15) is 0 Å². The number of hydrogen-bond donors (Lipinski definition) is 0. The third-order valence-corrected chi connectivity index (χ3v) is 1.83. The second kappa shape index (κ2) is 6.02. The summed E-state index contributed by atoms with van der Waals surface area (Å²) in [7, 11) is 0. The maximum atomic E-state index is 8.51. The van der Waals surface area contributed by atoms with E-state index in [0.717, 1.165) is 26.1 Å². The third kappa shape index (κ3) is 6.18. The average Bonchev–Trinajstić information content (AvgIpc) is 1.98. The molecule has 0 atom stereocenters. The summed E-state index contributed by atoms with van der Waals surface area (Å²) in [5.41, 5.74) is 0.114. The number of nitrogens with zero attached hydrogens (tertiary/aromatic N) is 1. The van der Waals surface area contributed by atoms with Gasteiger partial charge in [0.15, 0.2) is 0 Å². The van der Waals surface area contributed by atoms with Crippen molar-refractivity contribution < 1.29 is 4.74 Å². The van der Waals surface area contributed by atoms with E-state index in [4.69, 9.17) is 10.00 Å². The molecule has 2 nitrogen and oxygen atoms in total. The van der Waals surface area contributed by atoms with Crippen LogP contribution in [-0.2, 0) is 4.74 Å². The second-order valence-corrected chi connectivity index (χ2v) is 3.86. The summed E-state index contributed by atoms with van der Waals surface area (Å²) < 4.78 is 5.36. The fourth-order valence-electron chi connectivity index (χ4n) is 0.897. The summed E-state index contributed by atoms with van der Waals surface area (Å²) in [6.45, 7) is 7.92. The first-order valence-electron chi connectivity index (χ1n) is 4.57. The number of hydrogen-bond acceptors (Lipinski definition) is 2. The molecule has 0 fully saturated rings. The van der Waals surface area contributed by atoms with Gasteiger partial charge >= 0.3 is 0 Å². The molecule has 0 amide bonds. The van der Waals surface area contributed by atoms with E-state index >= 15 is 0 Å². The molecular weight excluding hydrogens is 150 g/mol. The van der Waals surface area contributed by atoms with Crippen molar-refractivity contribution in [3.63, 3.8) is 0 Å². The molecule has 0 N–H and O–H groups in total. The molecule has 0 saturated heterocycles. The zero-order valence-electron chi connectivity index (χ0n) is 8.39. The highest BCUT2D eigenvalue weighted by Crippen LogP contribution is 2.23. The summed E-state index contributed by atoms with van der Waals surface area (Å²) >= 11 is 0. The van der Waals surface area contributed by atoms with E-state index in [1.54, 1.807) is 0 Å². The van der Waals surface area contributed by atoms with Crippen LogP contribution in [0, 0.1) is 16.7 Å². The van der Waals surface area contributed by atoms with Crippen LogP contribution in [0.5, 0.6) is 0 Å². The topological polar surface area (TPSA) is 33.0 Å². The van der Waals surface area contributed by atoms with Crippen LogP contribution in [0.25, 0.3) is 0 Å². The largest absolute Gasteiger partial charge is 0.381 e. The monoisotopic (exact) mass is 169 g/mol. The molecule has 0 heterocycles. The maximum absolute atomic E-state index is 8.51. The Labute approximate surface area is 75.5 Å². The van der Waals surface area contributed by atoms with Crippen LogP contribution in [-0.4, -0.2) is 13.2 Å². The predicted molar refractivity (Wildman–Crippen MR) is 49.7 cm³/mol. The van der Waals surface area contributed by atoms with Gasteiger partial charge in [-0.15, -0.1) is 0 Å². The number of rotatable bonds is 6. The van der Waals surface area contributed by atoms with Crippen molar-refractivity contribution in [2.75, 3.05) is 13.2 Å². The minimum Gasteiger partial charge on any atom is -0.381 e. The van der Waals surface area contributed by atoms with Crippen molar-refractivity contribution in [1.29, 1.82) is 5.26 Å². The Kier molecular flexibility index (Phi) is 5.74. The van der Waals surface area contributed by atoms with Crippen molar-refractivity contribution >= 4 is 0 Å².